The van der Waals surface area contributed by atoms with Gasteiger partial charge in [-0.15, -0.1) is 11.3 Å². The number of benzene rings is 3. The minimum absolute atomic E-state index is 0.296. The molecule has 5 atom stereocenters. The Kier molecular flexibility index (Phi) is 10.4. The summed E-state index contributed by atoms with van der Waals surface area (Å²) in [6.07, 6.45) is 37.6. The molecule has 1 nitrogen and oxygen atoms in total. The molecule has 0 radical (unpaired) electrons. The highest BCUT2D eigenvalue weighted by Gasteiger charge is 2.28. The third kappa shape index (κ3) is 7.01. The Bertz CT molecular complexity index is 2560. The molecule has 278 valence electrons. The van der Waals surface area contributed by atoms with E-state index in [4.69, 9.17) is 4.98 Å². The predicted molar refractivity (Wildman–Crippen MR) is 242 cm³/mol. The number of hydrogen-bond acceptors (Lipinski definition) is 2. The van der Waals surface area contributed by atoms with Crippen LogP contribution in [0.5, 0.6) is 0 Å². The number of hydrogen-bond donors (Lipinski definition) is 0. The van der Waals surface area contributed by atoms with Gasteiger partial charge in [-0.05, 0) is 96.1 Å². The van der Waals surface area contributed by atoms with Gasteiger partial charge in [0.25, 0.3) is 0 Å². The van der Waals surface area contributed by atoms with Gasteiger partial charge < -0.3 is 0 Å². The van der Waals surface area contributed by atoms with Gasteiger partial charge in [0.1, 0.15) is 0 Å². The number of thiophene rings is 1. The van der Waals surface area contributed by atoms with Gasteiger partial charge in [0, 0.05) is 55.6 Å². The van der Waals surface area contributed by atoms with Crippen LogP contribution in [0.25, 0.3) is 36.9 Å². The lowest BCUT2D eigenvalue weighted by Crippen LogP contribution is -2.12. The van der Waals surface area contributed by atoms with Crippen molar-refractivity contribution in [2.24, 2.45) is 17.8 Å². The molecule has 2 heteroatoms. The minimum atomic E-state index is 0.296. The third-order valence-electron chi connectivity index (χ3n) is 12.6. The Hall–Kier alpha value is -5.31. The zero-order valence-electron chi connectivity index (χ0n) is 32.9. The standard InChI is InChI=1S/C54H51NS/c1-4-44-45(40-27-25-39(26-28-40)38-15-7-5-8-16-38)33-24-36(2)52(49-21-13-20-48-47-19-11-12-23-51(47)56-54(48)49)37(3)35-50(44)42-31-29-41(30-32-42)46-22-14-34-55-53(46)43-17-9-6-10-18-43/h5-15,17,19-23,25-27,29-36,38,40,43,52H,4,16,18,24,28H2,1-3H3/b37-35-,45-33?,50-44?. The molecule has 56 heavy (non-hydrogen) atoms. The van der Waals surface area contributed by atoms with Crippen LogP contribution in [0.15, 0.2) is 186 Å². The molecule has 4 aliphatic rings. The van der Waals surface area contributed by atoms with Crippen molar-refractivity contribution < 1.29 is 0 Å². The summed E-state index contributed by atoms with van der Waals surface area (Å²) in [5.74, 6) is 1.86. The summed E-state index contributed by atoms with van der Waals surface area (Å²) >= 11 is 1.96. The van der Waals surface area contributed by atoms with Crippen molar-refractivity contribution in [2.45, 2.75) is 64.7 Å². The molecule has 3 aromatic carbocycles. The van der Waals surface area contributed by atoms with Crippen LogP contribution in [-0.2, 0) is 0 Å². The van der Waals surface area contributed by atoms with Gasteiger partial charge in [0.2, 0.25) is 0 Å². The minimum Gasteiger partial charge on any atom is -0.260 e. The number of rotatable bonds is 7. The van der Waals surface area contributed by atoms with E-state index in [2.05, 4.69) is 179 Å². The van der Waals surface area contributed by atoms with Crippen molar-refractivity contribution in [1.82, 2.24) is 4.98 Å². The number of nitrogens with zero attached hydrogens (tertiary/aromatic N) is 1. The largest absolute Gasteiger partial charge is 0.260 e. The van der Waals surface area contributed by atoms with Crippen LogP contribution in [-0.4, -0.2) is 4.98 Å². The topological polar surface area (TPSA) is 12.9 Å². The first-order valence-electron chi connectivity index (χ1n) is 20.7. The fourth-order valence-corrected chi connectivity index (χ4v) is 11.0. The van der Waals surface area contributed by atoms with Crippen LogP contribution in [0.4, 0.5) is 0 Å². The van der Waals surface area contributed by atoms with E-state index in [1.54, 1.807) is 0 Å². The van der Waals surface area contributed by atoms with Crippen LogP contribution < -0.4 is 0 Å². The van der Waals surface area contributed by atoms with Crippen molar-refractivity contribution >= 4 is 37.1 Å². The Balaban J connectivity index is 1.15. The maximum absolute atomic E-state index is 4.91. The molecule has 2 heterocycles. The lowest BCUT2D eigenvalue weighted by molar-refractivity contribution is 0.513. The molecular weight excluding hydrogens is 695 g/mol. The van der Waals surface area contributed by atoms with E-state index in [1.807, 2.05) is 17.5 Å². The molecular formula is C54H51NS. The molecule has 0 bridgehead atoms. The lowest BCUT2D eigenvalue weighted by atomic mass is 9.78. The summed E-state index contributed by atoms with van der Waals surface area (Å²) in [5.41, 5.74) is 13.6. The van der Waals surface area contributed by atoms with Crippen LogP contribution >= 0.6 is 11.3 Å². The number of allylic oxidation sites excluding steroid dienone is 18. The maximum Gasteiger partial charge on any atom is 0.0553 e. The van der Waals surface area contributed by atoms with E-state index < -0.39 is 0 Å². The molecule has 0 spiro atoms. The van der Waals surface area contributed by atoms with Crippen molar-refractivity contribution in [1.29, 1.82) is 0 Å². The fraction of sp³-hybridized carbons (Fsp3) is 0.241. The normalized spacial score (nSPS) is 24.8. The molecule has 9 rings (SSSR count). The van der Waals surface area contributed by atoms with Gasteiger partial charge >= 0.3 is 0 Å². The Morgan fingerprint density at radius 3 is 2.21 bits per heavy atom. The van der Waals surface area contributed by atoms with Gasteiger partial charge in [-0.3, -0.25) is 4.98 Å². The second-order valence-corrected chi connectivity index (χ2v) is 17.1. The second kappa shape index (κ2) is 16.0. The zero-order chi connectivity index (χ0) is 38.0. The molecule has 0 saturated carbocycles. The molecule has 0 fully saturated rings. The van der Waals surface area contributed by atoms with Crippen LogP contribution in [0.2, 0.25) is 0 Å². The van der Waals surface area contributed by atoms with Crippen LogP contribution in [0.3, 0.4) is 0 Å². The average molecular weight is 746 g/mol. The molecule has 2 aromatic heterocycles. The van der Waals surface area contributed by atoms with Gasteiger partial charge in [-0.2, -0.15) is 0 Å². The fourth-order valence-electron chi connectivity index (χ4n) is 9.71. The molecule has 0 N–H and O–H groups in total. The summed E-state index contributed by atoms with van der Waals surface area (Å²) in [5, 5.41) is 2.75. The molecule has 5 unspecified atom stereocenters. The van der Waals surface area contributed by atoms with Crippen molar-refractivity contribution in [3.8, 4) is 11.1 Å². The van der Waals surface area contributed by atoms with Gasteiger partial charge in [-0.25, -0.2) is 0 Å². The molecule has 0 amide bonds. The van der Waals surface area contributed by atoms with E-state index in [9.17, 15) is 0 Å². The highest BCUT2D eigenvalue weighted by Crippen LogP contribution is 2.47. The number of fused-ring (bicyclic) bond motifs is 3. The molecule has 0 aliphatic heterocycles. The molecule has 5 aromatic rings. The summed E-state index contributed by atoms with van der Waals surface area (Å²) in [6, 6.07) is 29.7. The first-order chi connectivity index (χ1) is 27.6. The van der Waals surface area contributed by atoms with E-state index in [0.717, 1.165) is 37.8 Å². The van der Waals surface area contributed by atoms with Crippen molar-refractivity contribution in [3.63, 3.8) is 0 Å². The maximum atomic E-state index is 4.91. The van der Waals surface area contributed by atoms with E-state index in [1.165, 1.54) is 70.3 Å². The van der Waals surface area contributed by atoms with Gasteiger partial charge in [0.15, 0.2) is 0 Å². The third-order valence-corrected chi connectivity index (χ3v) is 13.8. The summed E-state index contributed by atoms with van der Waals surface area (Å²) in [6.45, 7) is 7.24. The summed E-state index contributed by atoms with van der Waals surface area (Å²) in [7, 11) is 0. The van der Waals surface area contributed by atoms with Crippen molar-refractivity contribution in [2.75, 3.05) is 0 Å². The second-order valence-electron chi connectivity index (χ2n) is 16.0. The molecule has 0 saturated heterocycles. The highest BCUT2D eigenvalue weighted by molar-refractivity contribution is 7.26. The summed E-state index contributed by atoms with van der Waals surface area (Å²) < 4.78 is 2.80. The number of pyridine rings is 1. The monoisotopic (exact) mass is 745 g/mol. The Morgan fingerprint density at radius 2 is 1.46 bits per heavy atom. The first-order valence-corrected chi connectivity index (χ1v) is 21.5. The van der Waals surface area contributed by atoms with Crippen molar-refractivity contribution in [3.05, 3.63) is 203 Å². The predicted octanol–water partition coefficient (Wildman–Crippen LogP) is 15.2. The lowest BCUT2D eigenvalue weighted by Gasteiger charge is -2.26. The van der Waals surface area contributed by atoms with Gasteiger partial charge in [-0.1, -0.05) is 165 Å². The quantitative estimate of drug-likeness (QED) is 0.162. The Labute approximate surface area is 337 Å². The highest BCUT2D eigenvalue weighted by atomic mass is 32.1. The van der Waals surface area contributed by atoms with Crippen LogP contribution in [0.1, 0.15) is 81.5 Å². The summed E-state index contributed by atoms with van der Waals surface area (Å²) in [4.78, 5) is 4.91. The SMILES string of the molecule is CCC1=C(c2ccc(-c3cccnc3C3C=CC=CC3)cc2)/C=C(/C)C(c2cccc3c2sc2ccccc23)C(C)CC=C1C1C=CC(C2C=CC=CC2)=CC1. The Morgan fingerprint density at radius 1 is 0.696 bits per heavy atom. The van der Waals surface area contributed by atoms with E-state index in [-0.39, 0.29) is 0 Å². The van der Waals surface area contributed by atoms with E-state index in [0.29, 0.717) is 29.6 Å². The van der Waals surface area contributed by atoms with Gasteiger partial charge in [0.05, 0.1) is 5.69 Å². The number of aromatic nitrogens is 1. The smallest absolute Gasteiger partial charge is 0.0553 e. The molecule has 4 aliphatic carbocycles. The zero-order valence-corrected chi connectivity index (χ0v) is 33.7. The van der Waals surface area contributed by atoms with E-state index >= 15 is 0 Å². The first kappa shape index (κ1) is 36.3. The van der Waals surface area contributed by atoms with Crippen LogP contribution in [0, 0.1) is 17.8 Å². The average Bonchev–Trinajstić information content (AvgIpc) is 3.66.